The van der Waals surface area contributed by atoms with Gasteiger partial charge in [-0.15, -0.1) is 0 Å². The van der Waals surface area contributed by atoms with Crippen molar-refractivity contribution >= 4 is 39.5 Å². The molecule has 0 amide bonds. The van der Waals surface area contributed by atoms with Gasteiger partial charge in [-0.25, -0.2) is 9.13 Å². The molecule has 0 aromatic carbocycles. The molecule has 0 rings (SSSR count). The number of unbranched alkanes of at least 4 members (excludes halogenated alkanes) is 52. The van der Waals surface area contributed by atoms with Crippen molar-refractivity contribution < 1.29 is 80.2 Å². The van der Waals surface area contributed by atoms with Gasteiger partial charge >= 0.3 is 39.5 Å². The molecule has 17 nitrogen and oxygen atoms in total. The van der Waals surface area contributed by atoms with Gasteiger partial charge in [-0.1, -0.05) is 375 Å². The zero-order chi connectivity index (χ0) is 72.7. The van der Waals surface area contributed by atoms with E-state index in [2.05, 4.69) is 34.6 Å². The van der Waals surface area contributed by atoms with Crippen LogP contribution in [0, 0.1) is 5.92 Å². The lowest BCUT2D eigenvalue weighted by molar-refractivity contribution is -0.161. The van der Waals surface area contributed by atoms with E-state index >= 15 is 0 Å². The summed E-state index contributed by atoms with van der Waals surface area (Å²) in [5, 5.41) is 10.6. The first-order valence-electron chi connectivity index (χ1n) is 41.6. The van der Waals surface area contributed by atoms with Crippen LogP contribution in [0.25, 0.3) is 0 Å². The molecule has 0 aliphatic carbocycles. The monoisotopic (exact) mass is 1450 g/mol. The summed E-state index contributed by atoms with van der Waals surface area (Å²) in [5.74, 6) is -1.30. The number of hydrogen-bond donors (Lipinski definition) is 3. The van der Waals surface area contributed by atoms with E-state index in [1.54, 1.807) is 0 Å². The summed E-state index contributed by atoms with van der Waals surface area (Å²) in [5.41, 5.74) is 0. The van der Waals surface area contributed by atoms with Crippen LogP contribution in [-0.4, -0.2) is 96.7 Å². The van der Waals surface area contributed by atoms with E-state index in [1.165, 1.54) is 250 Å². The van der Waals surface area contributed by atoms with Crippen LogP contribution in [0.1, 0.15) is 426 Å². The molecule has 0 saturated heterocycles. The molecule has 99 heavy (non-hydrogen) atoms. The molecule has 0 bridgehead atoms. The molecule has 0 spiro atoms. The van der Waals surface area contributed by atoms with E-state index in [0.29, 0.717) is 25.7 Å². The maximum absolute atomic E-state index is 13.1. The van der Waals surface area contributed by atoms with Crippen LogP contribution in [0.5, 0.6) is 0 Å². The summed E-state index contributed by atoms with van der Waals surface area (Å²) in [6.45, 7) is 7.36. The highest BCUT2D eigenvalue weighted by atomic mass is 31.2. The van der Waals surface area contributed by atoms with Crippen LogP contribution in [0.4, 0.5) is 0 Å². The molecule has 0 aliphatic rings. The first kappa shape index (κ1) is 97.1. The van der Waals surface area contributed by atoms with Gasteiger partial charge in [0.05, 0.1) is 26.4 Å². The van der Waals surface area contributed by atoms with Crippen molar-refractivity contribution in [2.45, 2.75) is 445 Å². The number of aliphatic hydroxyl groups excluding tert-OH is 1. The fourth-order valence-electron chi connectivity index (χ4n) is 12.4. The Bertz CT molecular complexity index is 1890. The van der Waals surface area contributed by atoms with Gasteiger partial charge < -0.3 is 33.8 Å². The molecule has 19 heteroatoms. The molecule has 0 aliphatic heterocycles. The predicted octanol–water partition coefficient (Wildman–Crippen LogP) is 24.0. The lowest BCUT2D eigenvalue weighted by Gasteiger charge is -2.21. The molecule has 0 fully saturated rings. The van der Waals surface area contributed by atoms with Crippen molar-refractivity contribution in [1.82, 2.24) is 0 Å². The molecular weight excluding hydrogens is 1290 g/mol. The molecule has 2 unspecified atom stereocenters. The first-order valence-corrected chi connectivity index (χ1v) is 44.6. The first-order chi connectivity index (χ1) is 48.0. The van der Waals surface area contributed by atoms with E-state index in [1.807, 2.05) is 0 Å². The van der Waals surface area contributed by atoms with Crippen molar-refractivity contribution in [2.24, 2.45) is 5.92 Å². The van der Waals surface area contributed by atoms with Crippen LogP contribution >= 0.6 is 15.6 Å². The van der Waals surface area contributed by atoms with Gasteiger partial charge in [0.15, 0.2) is 12.2 Å². The SMILES string of the molecule is CCCCCCCCCCCCCCCCC(=O)OC[C@H](COP(=O)(O)OC[C@@H](O)COP(=O)(O)OC[C@@H](COC(=O)CCCCCCCCCCCCCCC)OC(=O)CCCCCCCCCCCCCCCC)OC(=O)CCCCCCCCCCCCCCCCCC(C)C. The Labute approximate surface area is 607 Å². The number of rotatable bonds is 80. The van der Waals surface area contributed by atoms with Gasteiger partial charge in [-0.3, -0.25) is 37.3 Å². The number of esters is 4. The smallest absolute Gasteiger partial charge is 0.462 e. The Kier molecular flexibility index (Phi) is 71.6. The normalized spacial score (nSPS) is 13.9. The zero-order valence-electron chi connectivity index (χ0n) is 64.6. The molecule has 0 radical (unpaired) electrons. The van der Waals surface area contributed by atoms with Crippen LogP contribution < -0.4 is 0 Å². The third-order valence-corrected chi connectivity index (χ3v) is 20.7. The minimum atomic E-state index is -4.96. The minimum absolute atomic E-state index is 0.109. The average molecular weight is 1450 g/mol. The maximum atomic E-state index is 13.1. The van der Waals surface area contributed by atoms with Crippen LogP contribution in [0.15, 0.2) is 0 Å². The van der Waals surface area contributed by atoms with Crippen LogP contribution in [-0.2, 0) is 65.4 Å². The number of phosphoric acid groups is 2. The summed E-state index contributed by atoms with van der Waals surface area (Å²) in [6.07, 6.45) is 63.6. The summed E-state index contributed by atoms with van der Waals surface area (Å²) < 4.78 is 68.7. The fourth-order valence-corrected chi connectivity index (χ4v) is 14.0. The summed E-state index contributed by atoms with van der Waals surface area (Å²) >= 11 is 0. The third-order valence-electron chi connectivity index (χ3n) is 18.8. The Morgan fingerprint density at radius 1 is 0.273 bits per heavy atom. The standard InChI is InChI=1S/C80H156O17P2/c1-6-9-12-15-18-21-24-27-34-39-44-49-54-59-64-78(83)91-70-76(97-80(85)66-61-56-51-46-41-36-31-29-30-33-37-42-47-52-57-62-73(4)5)72-95-99(88,89)93-68-74(81)67-92-98(86,87)94-71-75(69-90-77(82)63-58-53-48-43-38-32-26-23-20-17-14-11-8-3)96-79(84)65-60-55-50-45-40-35-28-25-22-19-16-13-10-7-2/h73-76,81H,6-72H2,1-5H3,(H,86,87)(H,88,89)/t74-,75+,76+/m0/s1. The van der Waals surface area contributed by atoms with Gasteiger partial charge in [0.25, 0.3) is 0 Å². The van der Waals surface area contributed by atoms with E-state index in [4.69, 9.17) is 37.0 Å². The Morgan fingerprint density at radius 3 is 0.687 bits per heavy atom. The lowest BCUT2D eigenvalue weighted by Crippen LogP contribution is -2.30. The summed E-state index contributed by atoms with van der Waals surface area (Å²) in [7, 11) is -9.92. The van der Waals surface area contributed by atoms with E-state index in [0.717, 1.165) is 95.8 Å². The summed E-state index contributed by atoms with van der Waals surface area (Å²) in [6, 6.07) is 0. The second-order valence-corrected chi connectivity index (χ2v) is 32.2. The third kappa shape index (κ3) is 74.1. The molecule has 5 atom stereocenters. The van der Waals surface area contributed by atoms with Gasteiger partial charge in [0, 0.05) is 25.7 Å². The molecular formula is C80H156O17P2. The quantitative estimate of drug-likeness (QED) is 0.0222. The van der Waals surface area contributed by atoms with Gasteiger partial charge in [0.2, 0.25) is 0 Å². The molecule has 0 aromatic heterocycles. The zero-order valence-corrected chi connectivity index (χ0v) is 66.4. The minimum Gasteiger partial charge on any atom is -0.462 e. The Hall–Kier alpha value is -1.94. The Balaban J connectivity index is 5.26. The van der Waals surface area contributed by atoms with E-state index in [-0.39, 0.29) is 25.7 Å². The van der Waals surface area contributed by atoms with Gasteiger partial charge in [0.1, 0.15) is 19.3 Å². The van der Waals surface area contributed by atoms with Gasteiger partial charge in [-0.2, -0.15) is 0 Å². The largest absolute Gasteiger partial charge is 0.472 e. The predicted molar refractivity (Wildman–Crippen MR) is 405 cm³/mol. The maximum Gasteiger partial charge on any atom is 0.472 e. The highest BCUT2D eigenvalue weighted by Gasteiger charge is 2.30. The van der Waals surface area contributed by atoms with Gasteiger partial charge in [-0.05, 0) is 31.6 Å². The van der Waals surface area contributed by atoms with Crippen molar-refractivity contribution in [2.75, 3.05) is 39.6 Å². The number of phosphoric ester groups is 2. The highest BCUT2D eigenvalue weighted by molar-refractivity contribution is 7.47. The molecule has 0 aromatic rings. The number of ether oxygens (including phenoxy) is 4. The van der Waals surface area contributed by atoms with Crippen molar-refractivity contribution in [3.8, 4) is 0 Å². The van der Waals surface area contributed by atoms with Crippen molar-refractivity contribution in [3.05, 3.63) is 0 Å². The lowest BCUT2D eigenvalue weighted by atomic mass is 10.0. The number of aliphatic hydroxyl groups is 1. The number of hydrogen-bond acceptors (Lipinski definition) is 15. The topological polar surface area (TPSA) is 237 Å². The molecule has 588 valence electrons. The van der Waals surface area contributed by atoms with E-state index in [9.17, 15) is 43.2 Å². The average Bonchev–Trinajstić information content (AvgIpc) is 1.17. The van der Waals surface area contributed by atoms with Crippen LogP contribution in [0.3, 0.4) is 0 Å². The number of carbonyl (C=O) groups is 4. The highest BCUT2D eigenvalue weighted by Crippen LogP contribution is 2.45. The molecule has 0 heterocycles. The Morgan fingerprint density at radius 2 is 0.465 bits per heavy atom. The number of carbonyl (C=O) groups excluding carboxylic acids is 4. The second kappa shape index (κ2) is 73.0. The van der Waals surface area contributed by atoms with Crippen molar-refractivity contribution in [1.29, 1.82) is 0 Å². The van der Waals surface area contributed by atoms with Crippen molar-refractivity contribution in [3.63, 3.8) is 0 Å². The summed E-state index contributed by atoms with van der Waals surface area (Å²) in [4.78, 5) is 73.0. The van der Waals surface area contributed by atoms with E-state index < -0.39 is 97.5 Å². The molecule has 3 N–H and O–H groups in total. The fraction of sp³-hybridized carbons (Fsp3) is 0.950. The second-order valence-electron chi connectivity index (χ2n) is 29.3. The molecule has 0 saturated carbocycles. The van der Waals surface area contributed by atoms with Crippen LogP contribution in [0.2, 0.25) is 0 Å².